The van der Waals surface area contributed by atoms with Gasteiger partial charge in [0.2, 0.25) is 0 Å². The van der Waals surface area contributed by atoms with Gasteiger partial charge in [-0.25, -0.2) is 4.68 Å². The summed E-state index contributed by atoms with van der Waals surface area (Å²) in [4.78, 5) is 4.23. The molecule has 0 amide bonds. The van der Waals surface area contributed by atoms with Gasteiger partial charge in [0.05, 0.1) is 12.2 Å². The number of pyridine rings is 1. The Bertz CT molecular complexity index is 456. The fourth-order valence-electron chi connectivity index (χ4n) is 1.46. The van der Waals surface area contributed by atoms with Gasteiger partial charge in [0, 0.05) is 18.0 Å². The number of nitrogens with two attached hydrogens (primary N) is 1. The van der Waals surface area contributed by atoms with Crippen LogP contribution in [0.2, 0.25) is 0 Å². The molecule has 2 aromatic rings. The lowest BCUT2D eigenvalue weighted by Crippen LogP contribution is -2.06. The van der Waals surface area contributed by atoms with Gasteiger partial charge in [-0.2, -0.15) is 5.10 Å². The van der Waals surface area contributed by atoms with Crippen LogP contribution in [-0.2, 0) is 6.54 Å². The molecule has 0 radical (unpaired) electrons. The first-order chi connectivity index (χ1) is 7.15. The number of nitrogen functional groups attached to an aromatic ring is 1. The number of rotatable bonds is 2. The Morgan fingerprint density at radius 1 is 1.27 bits per heavy atom. The SMILES string of the molecule is Cc1ccc(Cn2nc(C)cc2N)cn1. The molecular formula is C11H14N4. The van der Waals surface area contributed by atoms with E-state index in [4.69, 9.17) is 5.73 Å². The van der Waals surface area contributed by atoms with Crippen molar-refractivity contribution in [3.8, 4) is 0 Å². The molecule has 78 valence electrons. The van der Waals surface area contributed by atoms with Gasteiger partial charge in [-0.3, -0.25) is 4.98 Å². The molecule has 0 atom stereocenters. The van der Waals surface area contributed by atoms with Crippen LogP contribution in [0.25, 0.3) is 0 Å². The van der Waals surface area contributed by atoms with E-state index in [-0.39, 0.29) is 0 Å². The van der Waals surface area contributed by atoms with Crippen LogP contribution >= 0.6 is 0 Å². The molecule has 4 heteroatoms. The quantitative estimate of drug-likeness (QED) is 0.803. The fraction of sp³-hybridized carbons (Fsp3) is 0.273. The number of aromatic nitrogens is 3. The summed E-state index contributed by atoms with van der Waals surface area (Å²) in [6.45, 7) is 4.57. The van der Waals surface area contributed by atoms with E-state index in [9.17, 15) is 0 Å². The van der Waals surface area contributed by atoms with Crippen LogP contribution in [0.4, 0.5) is 5.82 Å². The standard InChI is InChI=1S/C11H14N4/c1-8-3-4-10(6-13-8)7-15-11(12)5-9(2)14-15/h3-6H,7,12H2,1-2H3. The predicted octanol–water partition coefficient (Wildman–Crippen LogP) is 1.53. The molecule has 2 rings (SSSR count). The first-order valence-corrected chi connectivity index (χ1v) is 4.86. The van der Waals surface area contributed by atoms with E-state index in [2.05, 4.69) is 10.1 Å². The number of anilines is 1. The third-order valence-corrected chi connectivity index (χ3v) is 2.24. The maximum absolute atomic E-state index is 5.80. The summed E-state index contributed by atoms with van der Waals surface area (Å²) < 4.78 is 1.78. The minimum Gasteiger partial charge on any atom is -0.384 e. The summed E-state index contributed by atoms with van der Waals surface area (Å²) in [5.41, 5.74) is 8.86. The summed E-state index contributed by atoms with van der Waals surface area (Å²) in [5, 5.41) is 4.29. The molecule has 0 aliphatic heterocycles. The van der Waals surface area contributed by atoms with Gasteiger partial charge in [-0.1, -0.05) is 6.07 Å². The molecular weight excluding hydrogens is 188 g/mol. The van der Waals surface area contributed by atoms with Crippen LogP contribution in [0.15, 0.2) is 24.4 Å². The molecule has 0 saturated heterocycles. The fourth-order valence-corrected chi connectivity index (χ4v) is 1.46. The van der Waals surface area contributed by atoms with Gasteiger partial charge in [0.25, 0.3) is 0 Å². The Morgan fingerprint density at radius 2 is 2.07 bits per heavy atom. The average Bonchev–Trinajstić information content (AvgIpc) is 2.49. The molecule has 2 N–H and O–H groups in total. The highest BCUT2D eigenvalue weighted by molar-refractivity contribution is 5.31. The van der Waals surface area contributed by atoms with Crippen molar-refractivity contribution in [3.63, 3.8) is 0 Å². The van der Waals surface area contributed by atoms with Crippen molar-refractivity contribution in [2.75, 3.05) is 5.73 Å². The Kier molecular flexibility index (Phi) is 2.41. The van der Waals surface area contributed by atoms with Crippen molar-refractivity contribution >= 4 is 5.82 Å². The zero-order valence-corrected chi connectivity index (χ0v) is 8.94. The summed E-state index contributed by atoms with van der Waals surface area (Å²) >= 11 is 0. The number of aryl methyl sites for hydroxylation is 2. The molecule has 0 spiro atoms. The van der Waals surface area contributed by atoms with Crippen LogP contribution in [0.5, 0.6) is 0 Å². The summed E-state index contributed by atoms with van der Waals surface area (Å²) in [6, 6.07) is 5.89. The Balaban J connectivity index is 2.21. The van der Waals surface area contributed by atoms with Crippen molar-refractivity contribution in [3.05, 3.63) is 41.3 Å². The van der Waals surface area contributed by atoms with E-state index in [0.717, 1.165) is 17.0 Å². The monoisotopic (exact) mass is 202 g/mol. The van der Waals surface area contributed by atoms with Crippen molar-refractivity contribution in [2.45, 2.75) is 20.4 Å². The number of hydrogen-bond donors (Lipinski definition) is 1. The highest BCUT2D eigenvalue weighted by atomic mass is 15.3. The van der Waals surface area contributed by atoms with Gasteiger partial charge in [0.1, 0.15) is 5.82 Å². The first kappa shape index (κ1) is 9.71. The minimum absolute atomic E-state index is 0.674. The second-order valence-corrected chi connectivity index (χ2v) is 3.68. The second-order valence-electron chi connectivity index (χ2n) is 3.68. The highest BCUT2D eigenvalue weighted by Crippen LogP contribution is 2.08. The lowest BCUT2D eigenvalue weighted by atomic mass is 10.2. The molecule has 0 bridgehead atoms. The van der Waals surface area contributed by atoms with Crippen molar-refractivity contribution in [1.82, 2.24) is 14.8 Å². The zero-order valence-electron chi connectivity index (χ0n) is 8.94. The molecule has 2 aromatic heterocycles. The van der Waals surface area contributed by atoms with E-state index < -0.39 is 0 Å². The maximum atomic E-state index is 5.80. The molecule has 0 aliphatic carbocycles. The Hall–Kier alpha value is -1.84. The van der Waals surface area contributed by atoms with Gasteiger partial charge in [-0.05, 0) is 25.5 Å². The molecule has 0 aromatic carbocycles. The highest BCUT2D eigenvalue weighted by Gasteiger charge is 2.02. The normalized spacial score (nSPS) is 10.5. The van der Waals surface area contributed by atoms with Crippen LogP contribution in [0.1, 0.15) is 17.0 Å². The lowest BCUT2D eigenvalue weighted by Gasteiger charge is -2.03. The van der Waals surface area contributed by atoms with Crippen LogP contribution in [-0.4, -0.2) is 14.8 Å². The summed E-state index contributed by atoms with van der Waals surface area (Å²) in [6.07, 6.45) is 1.85. The Labute approximate surface area is 88.8 Å². The molecule has 4 nitrogen and oxygen atoms in total. The smallest absolute Gasteiger partial charge is 0.122 e. The third kappa shape index (κ3) is 2.15. The van der Waals surface area contributed by atoms with Gasteiger partial charge in [-0.15, -0.1) is 0 Å². The lowest BCUT2D eigenvalue weighted by molar-refractivity contribution is 0.687. The van der Waals surface area contributed by atoms with Crippen molar-refractivity contribution in [2.24, 2.45) is 0 Å². The van der Waals surface area contributed by atoms with Crippen molar-refractivity contribution in [1.29, 1.82) is 0 Å². The topological polar surface area (TPSA) is 56.7 Å². The zero-order chi connectivity index (χ0) is 10.8. The second kappa shape index (κ2) is 3.73. The van der Waals surface area contributed by atoms with Gasteiger partial charge in [0.15, 0.2) is 0 Å². The molecule has 0 unspecified atom stereocenters. The molecule has 15 heavy (non-hydrogen) atoms. The van der Waals surface area contributed by atoms with Crippen LogP contribution in [0.3, 0.4) is 0 Å². The third-order valence-electron chi connectivity index (χ3n) is 2.24. The van der Waals surface area contributed by atoms with E-state index in [1.807, 2.05) is 38.2 Å². The molecule has 0 saturated carbocycles. The van der Waals surface area contributed by atoms with Gasteiger partial charge >= 0.3 is 0 Å². The maximum Gasteiger partial charge on any atom is 0.122 e. The van der Waals surface area contributed by atoms with E-state index >= 15 is 0 Å². The molecule has 0 aliphatic rings. The molecule has 0 fully saturated rings. The predicted molar refractivity (Wildman–Crippen MR) is 59.5 cm³/mol. The van der Waals surface area contributed by atoms with E-state index in [1.54, 1.807) is 4.68 Å². The van der Waals surface area contributed by atoms with E-state index in [0.29, 0.717) is 12.4 Å². The van der Waals surface area contributed by atoms with Gasteiger partial charge < -0.3 is 5.73 Å². The summed E-state index contributed by atoms with van der Waals surface area (Å²) in [5.74, 6) is 0.688. The largest absolute Gasteiger partial charge is 0.384 e. The number of hydrogen-bond acceptors (Lipinski definition) is 3. The van der Waals surface area contributed by atoms with Crippen LogP contribution in [0, 0.1) is 13.8 Å². The molecule has 2 heterocycles. The summed E-state index contributed by atoms with van der Waals surface area (Å²) in [7, 11) is 0. The Morgan fingerprint density at radius 3 is 2.60 bits per heavy atom. The van der Waals surface area contributed by atoms with Crippen LogP contribution < -0.4 is 5.73 Å². The van der Waals surface area contributed by atoms with E-state index in [1.165, 1.54) is 0 Å². The minimum atomic E-state index is 0.674. The average molecular weight is 202 g/mol. The number of nitrogens with zero attached hydrogens (tertiary/aromatic N) is 3. The first-order valence-electron chi connectivity index (χ1n) is 4.86. The van der Waals surface area contributed by atoms with Crippen molar-refractivity contribution < 1.29 is 0 Å².